The van der Waals surface area contributed by atoms with Gasteiger partial charge in [0.05, 0.1) is 14.2 Å². The second-order valence-corrected chi connectivity index (χ2v) is 7.16. The first-order chi connectivity index (χ1) is 13.2. The molecular formula is C21H25ClN2O4. The summed E-state index contributed by atoms with van der Waals surface area (Å²) < 4.78 is 10.4. The first kappa shape index (κ1) is 21.6. The smallest absolute Gasteiger partial charge is 0.252 e. The molecule has 2 N–H and O–H groups in total. The number of nitrogens with one attached hydrogen (secondary N) is 2. The van der Waals surface area contributed by atoms with Crippen LogP contribution in [0.4, 0.5) is 5.69 Å². The van der Waals surface area contributed by atoms with Gasteiger partial charge in [-0.15, -0.1) is 0 Å². The standard InChI is InChI=1S/C21H25ClN2O4/c1-12(2)19(21(26)23-15-7-6-13(3)18(22)10-15)24-20(25)14-8-16(27-4)11-17(9-14)28-5/h6-12,19H,1-5H3,(H,23,26)(H,24,25). The van der Waals surface area contributed by atoms with E-state index >= 15 is 0 Å². The van der Waals surface area contributed by atoms with Crippen LogP contribution in [-0.2, 0) is 4.79 Å². The summed E-state index contributed by atoms with van der Waals surface area (Å²) >= 11 is 6.12. The molecule has 0 heterocycles. The van der Waals surface area contributed by atoms with Gasteiger partial charge in [0.25, 0.3) is 5.91 Å². The molecule has 1 unspecified atom stereocenters. The normalized spacial score (nSPS) is 11.7. The van der Waals surface area contributed by atoms with Gasteiger partial charge in [0.2, 0.25) is 5.91 Å². The highest BCUT2D eigenvalue weighted by Gasteiger charge is 2.25. The number of halogens is 1. The zero-order chi connectivity index (χ0) is 20.8. The molecule has 0 aromatic heterocycles. The summed E-state index contributed by atoms with van der Waals surface area (Å²) in [5.41, 5.74) is 1.83. The topological polar surface area (TPSA) is 76.7 Å². The molecule has 0 bridgehead atoms. The maximum absolute atomic E-state index is 12.7. The average molecular weight is 405 g/mol. The van der Waals surface area contributed by atoms with Crippen LogP contribution in [0.1, 0.15) is 29.8 Å². The molecule has 0 saturated heterocycles. The van der Waals surface area contributed by atoms with Gasteiger partial charge in [0.15, 0.2) is 0 Å². The van der Waals surface area contributed by atoms with Crippen LogP contribution in [0.25, 0.3) is 0 Å². The van der Waals surface area contributed by atoms with E-state index in [0.717, 1.165) is 5.56 Å². The molecule has 6 nitrogen and oxygen atoms in total. The predicted molar refractivity (Wildman–Crippen MR) is 110 cm³/mol. The van der Waals surface area contributed by atoms with Crippen LogP contribution in [0.2, 0.25) is 5.02 Å². The van der Waals surface area contributed by atoms with Crippen LogP contribution in [0.15, 0.2) is 36.4 Å². The Kier molecular flexibility index (Phi) is 7.29. The molecule has 0 spiro atoms. The van der Waals surface area contributed by atoms with E-state index in [-0.39, 0.29) is 11.8 Å². The van der Waals surface area contributed by atoms with Crippen molar-refractivity contribution in [1.29, 1.82) is 0 Å². The fourth-order valence-corrected chi connectivity index (χ4v) is 2.77. The number of ether oxygens (including phenoxy) is 2. The molecule has 0 aliphatic heterocycles. The molecule has 2 aromatic carbocycles. The van der Waals surface area contributed by atoms with Crippen LogP contribution in [0, 0.1) is 12.8 Å². The van der Waals surface area contributed by atoms with Crippen molar-refractivity contribution >= 4 is 29.1 Å². The summed E-state index contributed by atoms with van der Waals surface area (Å²) in [5, 5.41) is 6.15. The quantitative estimate of drug-likeness (QED) is 0.729. The van der Waals surface area contributed by atoms with E-state index in [1.54, 1.807) is 30.3 Å². The summed E-state index contributed by atoms with van der Waals surface area (Å²) in [6, 6.07) is 9.39. The first-order valence-electron chi connectivity index (χ1n) is 8.86. The van der Waals surface area contributed by atoms with Gasteiger partial charge in [-0.2, -0.15) is 0 Å². The fraction of sp³-hybridized carbons (Fsp3) is 0.333. The summed E-state index contributed by atoms with van der Waals surface area (Å²) in [6.45, 7) is 5.60. The van der Waals surface area contributed by atoms with E-state index in [0.29, 0.717) is 27.8 Å². The minimum Gasteiger partial charge on any atom is -0.497 e. The lowest BCUT2D eigenvalue weighted by Gasteiger charge is -2.22. The average Bonchev–Trinajstić information content (AvgIpc) is 2.67. The Balaban J connectivity index is 2.18. The lowest BCUT2D eigenvalue weighted by Crippen LogP contribution is -2.47. The minimum absolute atomic E-state index is 0.127. The lowest BCUT2D eigenvalue weighted by atomic mass is 10.0. The number of carbonyl (C=O) groups is 2. The fourth-order valence-electron chi connectivity index (χ4n) is 2.59. The molecule has 2 aromatic rings. The van der Waals surface area contributed by atoms with Crippen LogP contribution < -0.4 is 20.1 Å². The maximum atomic E-state index is 12.7. The number of hydrogen-bond donors (Lipinski definition) is 2. The zero-order valence-electron chi connectivity index (χ0n) is 16.6. The molecule has 2 amide bonds. The Morgan fingerprint density at radius 3 is 2.11 bits per heavy atom. The third kappa shape index (κ3) is 5.39. The van der Waals surface area contributed by atoms with Crippen molar-refractivity contribution in [2.24, 2.45) is 5.92 Å². The summed E-state index contributed by atoms with van der Waals surface area (Å²) in [5.74, 6) is 0.136. The number of benzene rings is 2. The molecule has 1 atom stereocenters. The van der Waals surface area contributed by atoms with Gasteiger partial charge >= 0.3 is 0 Å². The number of methoxy groups -OCH3 is 2. The highest BCUT2D eigenvalue weighted by molar-refractivity contribution is 6.31. The molecular weight excluding hydrogens is 380 g/mol. The highest BCUT2D eigenvalue weighted by atomic mass is 35.5. The number of aryl methyl sites for hydroxylation is 1. The molecule has 0 aliphatic carbocycles. The van der Waals surface area contributed by atoms with Crippen LogP contribution in [0.3, 0.4) is 0 Å². The Bertz CT molecular complexity index is 845. The van der Waals surface area contributed by atoms with E-state index in [1.807, 2.05) is 26.8 Å². The van der Waals surface area contributed by atoms with Gasteiger partial charge in [-0.25, -0.2) is 0 Å². The largest absolute Gasteiger partial charge is 0.497 e. The van der Waals surface area contributed by atoms with Crippen LogP contribution in [-0.4, -0.2) is 32.1 Å². The third-order valence-corrected chi connectivity index (χ3v) is 4.70. The van der Waals surface area contributed by atoms with Crippen molar-refractivity contribution < 1.29 is 19.1 Å². The van der Waals surface area contributed by atoms with Crippen molar-refractivity contribution in [1.82, 2.24) is 5.32 Å². The van der Waals surface area contributed by atoms with Crippen molar-refractivity contribution in [3.8, 4) is 11.5 Å². The number of rotatable bonds is 7. The van der Waals surface area contributed by atoms with Crippen molar-refractivity contribution in [2.75, 3.05) is 19.5 Å². The summed E-state index contributed by atoms with van der Waals surface area (Å²) in [4.78, 5) is 25.5. The Morgan fingerprint density at radius 1 is 1.00 bits per heavy atom. The number of carbonyl (C=O) groups excluding carboxylic acids is 2. The van der Waals surface area contributed by atoms with E-state index < -0.39 is 11.9 Å². The highest BCUT2D eigenvalue weighted by Crippen LogP contribution is 2.23. The molecule has 28 heavy (non-hydrogen) atoms. The van der Waals surface area contributed by atoms with Gasteiger partial charge in [0.1, 0.15) is 17.5 Å². The molecule has 0 fully saturated rings. The van der Waals surface area contributed by atoms with Gasteiger partial charge < -0.3 is 20.1 Å². The number of anilines is 1. The van der Waals surface area contributed by atoms with Gasteiger partial charge in [-0.05, 0) is 42.7 Å². The zero-order valence-corrected chi connectivity index (χ0v) is 17.4. The molecule has 7 heteroatoms. The molecule has 0 saturated carbocycles. The van der Waals surface area contributed by atoms with E-state index in [2.05, 4.69) is 10.6 Å². The molecule has 150 valence electrons. The van der Waals surface area contributed by atoms with Gasteiger partial charge in [-0.3, -0.25) is 9.59 Å². The maximum Gasteiger partial charge on any atom is 0.252 e. The summed E-state index contributed by atoms with van der Waals surface area (Å²) in [6.07, 6.45) is 0. The van der Waals surface area contributed by atoms with Crippen LogP contribution in [0.5, 0.6) is 11.5 Å². The first-order valence-corrected chi connectivity index (χ1v) is 9.24. The monoisotopic (exact) mass is 404 g/mol. The molecule has 2 rings (SSSR count). The van der Waals surface area contributed by atoms with E-state index in [1.165, 1.54) is 14.2 Å². The second-order valence-electron chi connectivity index (χ2n) is 6.75. The Morgan fingerprint density at radius 2 is 1.61 bits per heavy atom. The minimum atomic E-state index is -0.732. The van der Waals surface area contributed by atoms with Gasteiger partial charge in [0, 0.05) is 22.3 Å². The predicted octanol–water partition coefficient (Wildman–Crippen LogP) is 4.06. The number of amides is 2. The second kappa shape index (κ2) is 9.46. The van der Waals surface area contributed by atoms with Crippen LogP contribution >= 0.6 is 11.6 Å². The van der Waals surface area contributed by atoms with Gasteiger partial charge in [-0.1, -0.05) is 31.5 Å². The molecule has 0 aliphatic rings. The third-order valence-electron chi connectivity index (χ3n) is 4.29. The Labute approximate surface area is 170 Å². The SMILES string of the molecule is COc1cc(OC)cc(C(=O)NC(C(=O)Nc2ccc(C)c(Cl)c2)C(C)C)c1. The van der Waals surface area contributed by atoms with Crippen molar-refractivity contribution in [2.45, 2.75) is 26.8 Å². The van der Waals surface area contributed by atoms with Crippen molar-refractivity contribution in [3.63, 3.8) is 0 Å². The summed E-state index contributed by atoms with van der Waals surface area (Å²) in [7, 11) is 3.01. The Hall–Kier alpha value is -2.73. The van der Waals surface area contributed by atoms with E-state index in [9.17, 15) is 9.59 Å². The number of hydrogen-bond acceptors (Lipinski definition) is 4. The van der Waals surface area contributed by atoms with E-state index in [4.69, 9.17) is 21.1 Å². The van der Waals surface area contributed by atoms with Crippen molar-refractivity contribution in [3.05, 3.63) is 52.5 Å². The lowest BCUT2D eigenvalue weighted by molar-refractivity contribution is -0.118. The molecule has 0 radical (unpaired) electrons.